The lowest BCUT2D eigenvalue weighted by atomic mass is 9.94. The fraction of sp³-hybridized carbons (Fsp3) is 0.833. The molecular formula is C12H22N4O2. The van der Waals surface area contributed by atoms with E-state index in [1.54, 1.807) is 6.33 Å². The van der Waals surface area contributed by atoms with Crippen molar-refractivity contribution in [3.63, 3.8) is 0 Å². The van der Waals surface area contributed by atoms with Crippen LogP contribution in [0.4, 0.5) is 0 Å². The molecule has 0 atom stereocenters. The molecule has 1 aromatic heterocycles. The third-order valence-electron chi connectivity index (χ3n) is 3.41. The van der Waals surface area contributed by atoms with Crippen LogP contribution >= 0.6 is 0 Å². The summed E-state index contributed by atoms with van der Waals surface area (Å²) in [6.07, 6.45) is 4.32. The summed E-state index contributed by atoms with van der Waals surface area (Å²) in [5, 5.41) is 4.19. The number of aromatic nitrogens is 3. The van der Waals surface area contributed by atoms with Crippen LogP contribution in [0.25, 0.3) is 0 Å². The monoisotopic (exact) mass is 254 g/mol. The van der Waals surface area contributed by atoms with Crippen LogP contribution in [-0.4, -0.2) is 40.1 Å². The van der Waals surface area contributed by atoms with Gasteiger partial charge < -0.3 is 15.2 Å². The maximum absolute atomic E-state index is 6.02. The first-order valence-corrected chi connectivity index (χ1v) is 6.58. The largest absolute Gasteiger partial charge is 0.381 e. The molecule has 0 aromatic carbocycles. The first-order chi connectivity index (χ1) is 8.79. The molecule has 6 heteroatoms. The van der Waals surface area contributed by atoms with Crippen molar-refractivity contribution in [3.05, 3.63) is 12.2 Å². The van der Waals surface area contributed by atoms with Crippen LogP contribution in [0.3, 0.4) is 0 Å². The first-order valence-electron chi connectivity index (χ1n) is 6.58. The average molecular weight is 254 g/mol. The Morgan fingerprint density at radius 3 is 2.94 bits per heavy atom. The van der Waals surface area contributed by atoms with Crippen molar-refractivity contribution in [2.45, 2.75) is 44.9 Å². The SMILES string of the molecule is CCCn1ncnc1COC1(CN)CCOCC1. The third-order valence-corrected chi connectivity index (χ3v) is 3.41. The second kappa shape index (κ2) is 6.26. The fourth-order valence-electron chi connectivity index (χ4n) is 2.17. The van der Waals surface area contributed by atoms with Gasteiger partial charge in [0.05, 0.1) is 5.60 Å². The van der Waals surface area contributed by atoms with Gasteiger partial charge in [0.1, 0.15) is 12.9 Å². The molecule has 0 aliphatic carbocycles. The van der Waals surface area contributed by atoms with Gasteiger partial charge in [-0.05, 0) is 6.42 Å². The first kappa shape index (κ1) is 13.5. The van der Waals surface area contributed by atoms with Gasteiger partial charge in [-0.2, -0.15) is 5.10 Å². The van der Waals surface area contributed by atoms with E-state index in [9.17, 15) is 0 Å². The molecule has 2 heterocycles. The highest BCUT2D eigenvalue weighted by molar-refractivity contribution is 4.88. The molecule has 2 N–H and O–H groups in total. The molecule has 1 aromatic rings. The summed E-state index contributed by atoms with van der Waals surface area (Å²) in [6.45, 7) is 5.43. The Morgan fingerprint density at radius 2 is 2.28 bits per heavy atom. The van der Waals surface area contributed by atoms with Crippen molar-refractivity contribution in [1.29, 1.82) is 0 Å². The molecule has 1 aliphatic rings. The Labute approximate surface area is 107 Å². The summed E-state index contributed by atoms with van der Waals surface area (Å²) in [7, 11) is 0. The molecule has 0 saturated carbocycles. The van der Waals surface area contributed by atoms with E-state index in [0.717, 1.165) is 44.8 Å². The standard InChI is InChI=1S/C12H22N4O2/c1-2-5-16-11(14-10-15-16)8-18-12(9-13)3-6-17-7-4-12/h10H,2-9,13H2,1H3. The minimum absolute atomic E-state index is 0.249. The van der Waals surface area contributed by atoms with Crippen LogP contribution in [0, 0.1) is 0 Å². The Morgan fingerprint density at radius 1 is 1.50 bits per heavy atom. The Hall–Kier alpha value is -0.980. The summed E-state index contributed by atoms with van der Waals surface area (Å²) in [5.74, 6) is 0.871. The molecule has 102 valence electrons. The van der Waals surface area contributed by atoms with E-state index in [1.807, 2.05) is 4.68 Å². The number of rotatable bonds is 6. The van der Waals surface area contributed by atoms with Gasteiger partial charge in [0, 0.05) is 39.1 Å². The number of nitrogens with zero attached hydrogens (tertiary/aromatic N) is 3. The minimum Gasteiger partial charge on any atom is -0.381 e. The molecule has 2 rings (SSSR count). The summed E-state index contributed by atoms with van der Waals surface area (Å²) in [5.41, 5.74) is 5.60. The molecule has 0 amide bonds. The number of aryl methyl sites for hydroxylation is 1. The van der Waals surface area contributed by atoms with Crippen molar-refractivity contribution in [1.82, 2.24) is 14.8 Å². The minimum atomic E-state index is -0.249. The summed E-state index contributed by atoms with van der Waals surface area (Å²) in [6, 6.07) is 0. The molecule has 0 unspecified atom stereocenters. The number of nitrogens with two attached hydrogens (primary N) is 1. The van der Waals surface area contributed by atoms with Crippen molar-refractivity contribution in [3.8, 4) is 0 Å². The Balaban J connectivity index is 1.94. The van der Waals surface area contributed by atoms with E-state index in [-0.39, 0.29) is 5.60 Å². The normalized spacial score (nSPS) is 19.0. The topological polar surface area (TPSA) is 75.2 Å². The van der Waals surface area contributed by atoms with Crippen LogP contribution < -0.4 is 5.73 Å². The summed E-state index contributed by atoms with van der Waals surface area (Å²) < 4.78 is 13.3. The fourth-order valence-corrected chi connectivity index (χ4v) is 2.17. The van der Waals surface area contributed by atoms with Gasteiger partial charge in [-0.3, -0.25) is 0 Å². The molecule has 0 bridgehead atoms. The van der Waals surface area contributed by atoms with Crippen molar-refractivity contribution >= 4 is 0 Å². The number of hydrogen-bond donors (Lipinski definition) is 1. The lowest BCUT2D eigenvalue weighted by Gasteiger charge is -2.35. The van der Waals surface area contributed by atoms with E-state index < -0.39 is 0 Å². The molecule has 6 nitrogen and oxygen atoms in total. The molecule has 1 aliphatic heterocycles. The zero-order chi connectivity index (χ0) is 12.8. The highest BCUT2D eigenvalue weighted by Crippen LogP contribution is 2.25. The highest BCUT2D eigenvalue weighted by Gasteiger charge is 2.32. The van der Waals surface area contributed by atoms with Gasteiger partial charge in [-0.15, -0.1) is 0 Å². The van der Waals surface area contributed by atoms with E-state index >= 15 is 0 Å². The van der Waals surface area contributed by atoms with Crippen molar-refractivity contribution in [2.24, 2.45) is 5.73 Å². The average Bonchev–Trinajstić information content (AvgIpc) is 2.86. The van der Waals surface area contributed by atoms with E-state index in [0.29, 0.717) is 13.2 Å². The van der Waals surface area contributed by atoms with Crippen LogP contribution in [0.5, 0.6) is 0 Å². The number of ether oxygens (including phenoxy) is 2. The maximum Gasteiger partial charge on any atom is 0.152 e. The zero-order valence-electron chi connectivity index (χ0n) is 11.0. The number of hydrogen-bond acceptors (Lipinski definition) is 5. The molecular weight excluding hydrogens is 232 g/mol. The van der Waals surface area contributed by atoms with E-state index in [2.05, 4.69) is 17.0 Å². The van der Waals surface area contributed by atoms with E-state index in [1.165, 1.54) is 0 Å². The molecule has 1 fully saturated rings. The van der Waals surface area contributed by atoms with E-state index in [4.69, 9.17) is 15.2 Å². The molecule has 0 radical (unpaired) electrons. The second-order valence-electron chi connectivity index (χ2n) is 4.69. The molecule has 1 saturated heterocycles. The van der Waals surface area contributed by atoms with Gasteiger partial charge in [0.2, 0.25) is 0 Å². The highest BCUT2D eigenvalue weighted by atomic mass is 16.5. The van der Waals surface area contributed by atoms with Gasteiger partial charge in [0.15, 0.2) is 5.82 Å². The van der Waals surface area contributed by atoms with Gasteiger partial charge in [-0.25, -0.2) is 9.67 Å². The third kappa shape index (κ3) is 3.07. The lowest BCUT2D eigenvalue weighted by Crippen LogP contribution is -2.45. The summed E-state index contributed by atoms with van der Waals surface area (Å²) >= 11 is 0. The van der Waals surface area contributed by atoms with Gasteiger partial charge >= 0.3 is 0 Å². The summed E-state index contributed by atoms with van der Waals surface area (Å²) in [4.78, 5) is 4.24. The van der Waals surface area contributed by atoms with Gasteiger partial charge in [0.25, 0.3) is 0 Å². The molecule has 0 spiro atoms. The predicted molar refractivity (Wildman–Crippen MR) is 66.9 cm³/mol. The zero-order valence-corrected chi connectivity index (χ0v) is 11.0. The maximum atomic E-state index is 6.02. The quantitative estimate of drug-likeness (QED) is 0.809. The van der Waals surface area contributed by atoms with Crippen LogP contribution in [0.15, 0.2) is 6.33 Å². The smallest absolute Gasteiger partial charge is 0.152 e. The van der Waals surface area contributed by atoms with Crippen LogP contribution in [-0.2, 0) is 22.6 Å². The predicted octanol–water partition coefficient (Wildman–Crippen LogP) is 0.713. The van der Waals surface area contributed by atoms with Crippen molar-refractivity contribution < 1.29 is 9.47 Å². The van der Waals surface area contributed by atoms with Crippen molar-refractivity contribution in [2.75, 3.05) is 19.8 Å². The lowest BCUT2D eigenvalue weighted by molar-refractivity contribution is -0.114. The Kier molecular flexibility index (Phi) is 4.68. The van der Waals surface area contributed by atoms with Gasteiger partial charge in [-0.1, -0.05) is 6.92 Å². The molecule has 18 heavy (non-hydrogen) atoms. The van der Waals surface area contributed by atoms with Crippen LogP contribution in [0.1, 0.15) is 32.0 Å². The second-order valence-corrected chi connectivity index (χ2v) is 4.69. The Bertz CT molecular complexity index is 361. The van der Waals surface area contributed by atoms with Crippen LogP contribution in [0.2, 0.25) is 0 Å².